The van der Waals surface area contributed by atoms with Crippen LogP contribution in [0.5, 0.6) is 0 Å². The maximum Gasteiger partial charge on any atom is 0.224 e. The molecule has 2 aliphatic rings. The number of para-hydroxylation sites is 2. The predicted molar refractivity (Wildman–Crippen MR) is 119 cm³/mol. The van der Waals surface area contributed by atoms with Crippen LogP contribution in [0.4, 0.5) is 0 Å². The van der Waals surface area contributed by atoms with Crippen LogP contribution in [-0.4, -0.2) is 32.9 Å². The second kappa shape index (κ2) is 9.77. The van der Waals surface area contributed by atoms with Gasteiger partial charge in [0.05, 0.1) is 11.0 Å². The molecular formula is C25H37N3O. The van der Waals surface area contributed by atoms with E-state index in [1.54, 1.807) is 0 Å². The van der Waals surface area contributed by atoms with Gasteiger partial charge < -0.3 is 9.47 Å². The Morgan fingerprint density at radius 3 is 2.45 bits per heavy atom. The summed E-state index contributed by atoms with van der Waals surface area (Å²) in [7, 11) is 0. The van der Waals surface area contributed by atoms with Crippen LogP contribution < -0.4 is 0 Å². The van der Waals surface area contributed by atoms with E-state index < -0.39 is 0 Å². The van der Waals surface area contributed by atoms with E-state index in [1.807, 2.05) is 0 Å². The molecule has 2 saturated carbocycles. The molecule has 2 aromatic rings. The van der Waals surface area contributed by atoms with E-state index in [0.29, 0.717) is 24.3 Å². The number of carbonyl (C=O) groups excluding carboxylic acids is 1. The first-order valence-electron chi connectivity index (χ1n) is 12.0. The molecule has 4 heteroatoms. The number of benzene rings is 1. The summed E-state index contributed by atoms with van der Waals surface area (Å²) >= 11 is 0. The van der Waals surface area contributed by atoms with Crippen LogP contribution >= 0.6 is 0 Å². The molecule has 0 radical (unpaired) electrons. The molecule has 0 aliphatic heterocycles. The minimum atomic E-state index is 0.339. The Balaban J connectivity index is 1.52. The molecule has 1 aromatic heterocycles. The highest BCUT2D eigenvalue weighted by Crippen LogP contribution is 2.34. The summed E-state index contributed by atoms with van der Waals surface area (Å²) < 4.78 is 2.37. The molecule has 158 valence electrons. The van der Waals surface area contributed by atoms with Gasteiger partial charge in [0.1, 0.15) is 5.82 Å². The van der Waals surface area contributed by atoms with E-state index in [4.69, 9.17) is 4.98 Å². The van der Waals surface area contributed by atoms with Crippen LogP contribution in [0.15, 0.2) is 24.3 Å². The third-order valence-electron chi connectivity index (χ3n) is 7.00. The summed E-state index contributed by atoms with van der Waals surface area (Å²) in [6.07, 6.45) is 14.3. The third-order valence-corrected chi connectivity index (χ3v) is 7.00. The molecular weight excluding hydrogens is 358 g/mol. The van der Waals surface area contributed by atoms with Crippen molar-refractivity contribution in [2.45, 2.75) is 102 Å². The molecule has 0 spiro atoms. The fourth-order valence-electron chi connectivity index (χ4n) is 5.50. The Morgan fingerprint density at radius 2 is 1.72 bits per heavy atom. The average molecular weight is 396 g/mol. The molecule has 0 unspecified atom stereocenters. The maximum absolute atomic E-state index is 13.2. The highest BCUT2D eigenvalue weighted by atomic mass is 16.2. The summed E-state index contributed by atoms with van der Waals surface area (Å²) in [5.74, 6) is 2.11. The van der Waals surface area contributed by atoms with Gasteiger partial charge in [-0.25, -0.2) is 4.98 Å². The summed E-state index contributed by atoms with van der Waals surface area (Å²) in [5, 5.41) is 0. The molecule has 4 rings (SSSR count). The Hall–Kier alpha value is -1.84. The van der Waals surface area contributed by atoms with E-state index in [2.05, 4.69) is 40.7 Å². The zero-order valence-corrected chi connectivity index (χ0v) is 18.1. The summed E-state index contributed by atoms with van der Waals surface area (Å²) in [4.78, 5) is 20.5. The van der Waals surface area contributed by atoms with Crippen LogP contribution in [-0.2, 0) is 11.3 Å². The number of fused-ring (bicyclic) bond motifs is 1. The van der Waals surface area contributed by atoms with Gasteiger partial charge in [-0.3, -0.25) is 4.79 Å². The number of hydrogen-bond acceptors (Lipinski definition) is 2. The van der Waals surface area contributed by atoms with Crippen LogP contribution in [0.2, 0.25) is 0 Å². The Kier molecular flexibility index (Phi) is 6.89. The number of carbonyl (C=O) groups is 1. The van der Waals surface area contributed by atoms with Gasteiger partial charge in [-0.2, -0.15) is 0 Å². The number of hydrogen-bond donors (Lipinski definition) is 0. The molecule has 0 saturated heterocycles. The Bertz CT molecular complexity index is 800. The summed E-state index contributed by atoms with van der Waals surface area (Å²) in [6.45, 7) is 3.86. The fraction of sp³-hybridized carbons (Fsp3) is 0.680. The van der Waals surface area contributed by atoms with Gasteiger partial charge in [0.2, 0.25) is 5.91 Å². The number of aryl methyl sites for hydroxylation is 1. The lowest BCUT2D eigenvalue weighted by Crippen LogP contribution is -2.42. The molecule has 1 aromatic carbocycles. The highest BCUT2D eigenvalue weighted by Gasteiger charge is 2.26. The second-order valence-electron chi connectivity index (χ2n) is 9.07. The molecule has 2 fully saturated rings. The van der Waals surface area contributed by atoms with Crippen molar-refractivity contribution in [1.29, 1.82) is 0 Å². The maximum atomic E-state index is 13.2. The molecule has 0 atom stereocenters. The normalized spacial score (nSPS) is 18.9. The first-order valence-corrected chi connectivity index (χ1v) is 12.0. The lowest BCUT2D eigenvalue weighted by Gasteiger charge is -2.34. The molecule has 0 N–H and O–H groups in total. The quantitative estimate of drug-likeness (QED) is 0.573. The van der Waals surface area contributed by atoms with Crippen molar-refractivity contribution >= 4 is 16.9 Å². The van der Waals surface area contributed by atoms with Crippen LogP contribution in [0.3, 0.4) is 0 Å². The lowest BCUT2D eigenvalue weighted by molar-refractivity contribution is -0.134. The van der Waals surface area contributed by atoms with E-state index in [-0.39, 0.29) is 0 Å². The molecule has 0 bridgehead atoms. The van der Waals surface area contributed by atoms with Gasteiger partial charge in [0, 0.05) is 31.5 Å². The number of rotatable bonds is 7. The van der Waals surface area contributed by atoms with Crippen molar-refractivity contribution in [2.24, 2.45) is 0 Å². The van der Waals surface area contributed by atoms with Gasteiger partial charge in [-0.15, -0.1) is 0 Å². The van der Waals surface area contributed by atoms with Gasteiger partial charge >= 0.3 is 0 Å². The van der Waals surface area contributed by atoms with E-state index in [9.17, 15) is 4.79 Å². The molecule has 1 heterocycles. The monoisotopic (exact) mass is 395 g/mol. The van der Waals surface area contributed by atoms with E-state index in [1.165, 1.54) is 75.5 Å². The standard InChI is InChI=1S/C25H37N3O/c1-2-18-27(21-13-7-4-8-14-21)24(29)17-19-28-23-16-10-9-15-22(23)26-25(28)20-11-5-3-6-12-20/h9-10,15-16,20-21H,2-8,11-14,17-19H2,1H3. The predicted octanol–water partition coefficient (Wildman–Crippen LogP) is 6.05. The molecule has 2 aliphatic carbocycles. The Labute approximate surface area is 175 Å². The minimum Gasteiger partial charge on any atom is -0.340 e. The first kappa shape index (κ1) is 20.4. The zero-order chi connectivity index (χ0) is 20.1. The fourth-order valence-corrected chi connectivity index (χ4v) is 5.50. The van der Waals surface area contributed by atoms with Gasteiger partial charge in [0.15, 0.2) is 0 Å². The average Bonchev–Trinajstić information content (AvgIpc) is 3.15. The van der Waals surface area contributed by atoms with Crippen molar-refractivity contribution in [1.82, 2.24) is 14.5 Å². The van der Waals surface area contributed by atoms with Crippen LogP contribution in [0.1, 0.15) is 95.7 Å². The minimum absolute atomic E-state index is 0.339. The van der Waals surface area contributed by atoms with Crippen molar-refractivity contribution < 1.29 is 4.79 Å². The number of amides is 1. The highest BCUT2D eigenvalue weighted by molar-refractivity contribution is 5.78. The van der Waals surface area contributed by atoms with Crippen molar-refractivity contribution in [2.75, 3.05) is 6.54 Å². The first-order chi connectivity index (χ1) is 14.3. The number of imidazole rings is 1. The zero-order valence-electron chi connectivity index (χ0n) is 18.1. The number of nitrogens with zero attached hydrogens (tertiary/aromatic N) is 3. The van der Waals surface area contributed by atoms with Crippen molar-refractivity contribution in [3.05, 3.63) is 30.1 Å². The van der Waals surface area contributed by atoms with Crippen LogP contribution in [0, 0.1) is 0 Å². The van der Waals surface area contributed by atoms with E-state index in [0.717, 1.165) is 25.0 Å². The molecule has 1 amide bonds. The SMILES string of the molecule is CCCN(C(=O)CCn1c(C2CCCCC2)nc2ccccc21)C1CCCCC1. The summed E-state index contributed by atoms with van der Waals surface area (Å²) in [5.41, 5.74) is 2.28. The van der Waals surface area contributed by atoms with E-state index >= 15 is 0 Å². The van der Waals surface area contributed by atoms with Crippen molar-refractivity contribution in [3.8, 4) is 0 Å². The third kappa shape index (κ3) is 4.67. The van der Waals surface area contributed by atoms with Crippen molar-refractivity contribution in [3.63, 3.8) is 0 Å². The molecule has 29 heavy (non-hydrogen) atoms. The van der Waals surface area contributed by atoms with Gasteiger partial charge in [0.25, 0.3) is 0 Å². The second-order valence-corrected chi connectivity index (χ2v) is 9.07. The van der Waals surface area contributed by atoms with Gasteiger partial charge in [-0.1, -0.05) is 57.6 Å². The topological polar surface area (TPSA) is 38.1 Å². The Morgan fingerprint density at radius 1 is 1.03 bits per heavy atom. The molecule has 4 nitrogen and oxygen atoms in total. The summed E-state index contributed by atoms with van der Waals surface area (Å²) in [6, 6.07) is 8.92. The smallest absolute Gasteiger partial charge is 0.224 e. The lowest BCUT2D eigenvalue weighted by atomic mass is 9.88. The van der Waals surface area contributed by atoms with Gasteiger partial charge in [-0.05, 0) is 44.2 Å². The number of aromatic nitrogens is 2. The van der Waals surface area contributed by atoms with Crippen LogP contribution in [0.25, 0.3) is 11.0 Å². The largest absolute Gasteiger partial charge is 0.340 e.